The van der Waals surface area contributed by atoms with Crippen LogP contribution < -0.4 is 39.9 Å². The summed E-state index contributed by atoms with van der Waals surface area (Å²) in [7, 11) is -4.28. The van der Waals surface area contributed by atoms with Gasteiger partial charge in [0.2, 0.25) is 0 Å². The molecule has 6 aliphatic rings. The Morgan fingerprint density at radius 1 is 0.615 bits per heavy atom. The number of likely N-dealkylation sites (tertiary alicyclic amines) is 1. The zero-order chi connectivity index (χ0) is 91.1. The molecule has 4 saturated heterocycles. The highest BCUT2D eigenvalue weighted by molar-refractivity contribution is 7.99. The highest BCUT2D eigenvalue weighted by Crippen LogP contribution is 2.46. The van der Waals surface area contributed by atoms with Crippen molar-refractivity contribution in [2.75, 3.05) is 155 Å². The Morgan fingerprint density at radius 2 is 1.25 bits per heavy atom. The van der Waals surface area contributed by atoms with Crippen molar-refractivity contribution in [3.8, 4) is 11.5 Å². The molecule has 2 aliphatic carbocycles. The van der Waals surface area contributed by atoms with Crippen LogP contribution in [0.5, 0.6) is 11.5 Å². The summed E-state index contributed by atoms with van der Waals surface area (Å²) in [5, 5.41) is 38.2. The normalized spacial score (nSPS) is 17.9. The number of benzene rings is 7. The predicted molar refractivity (Wildman–Crippen MR) is 534 cm³/mol. The second-order valence-electron chi connectivity index (χ2n) is 37.6. The van der Waals surface area contributed by atoms with Gasteiger partial charge in [-0.2, -0.15) is 0 Å². The van der Waals surface area contributed by atoms with Crippen molar-refractivity contribution in [1.82, 2.24) is 54.5 Å². The summed E-state index contributed by atoms with van der Waals surface area (Å²) in [6.45, 7) is 36.7. The third-order valence-electron chi connectivity index (χ3n) is 26.3. The molecule has 0 bridgehead atoms. The number of nitro benzene ring substituents is 2. The third kappa shape index (κ3) is 25.9. The molecule has 0 amide bonds. The molecule has 4 aliphatic heterocycles. The number of rotatable bonds is 35. The van der Waals surface area contributed by atoms with E-state index in [9.17, 15) is 28.6 Å². The fourth-order valence-corrected chi connectivity index (χ4v) is 21.8. The van der Waals surface area contributed by atoms with E-state index in [2.05, 4.69) is 190 Å². The van der Waals surface area contributed by atoms with Crippen LogP contribution in [0.3, 0.4) is 0 Å². The van der Waals surface area contributed by atoms with E-state index < -0.39 is 14.9 Å². The summed E-state index contributed by atoms with van der Waals surface area (Å²) in [6, 6.07) is 53.9. The Kier molecular flexibility index (Phi) is 32.2. The average molecular weight is 1860 g/mol. The number of sulfonamides is 1. The summed E-state index contributed by atoms with van der Waals surface area (Å²) in [6.07, 6.45) is 15.7. The van der Waals surface area contributed by atoms with E-state index in [1.807, 2.05) is 91.1 Å². The van der Waals surface area contributed by atoms with Crippen molar-refractivity contribution in [3.05, 3.63) is 241 Å². The first kappa shape index (κ1) is 95.2. The minimum atomic E-state index is -4.28. The van der Waals surface area contributed by atoms with Gasteiger partial charge in [-0.25, -0.2) is 23.4 Å². The zero-order valence-electron chi connectivity index (χ0n) is 76.3. The van der Waals surface area contributed by atoms with Crippen LogP contribution in [0.4, 0.5) is 39.9 Å². The van der Waals surface area contributed by atoms with Crippen molar-refractivity contribution in [1.29, 1.82) is 0 Å². The van der Waals surface area contributed by atoms with Crippen LogP contribution in [0, 0.1) is 31.1 Å². The van der Waals surface area contributed by atoms with Gasteiger partial charge in [0.1, 0.15) is 34.8 Å². The van der Waals surface area contributed by atoms with Crippen molar-refractivity contribution in [3.63, 3.8) is 0 Å². The van der Waals surface area contributed by atoms with Crippen molar-refractivity contribution in [2.24, 2.45) is 10.8 Å². The van der Waals surface area contributed by atoms with Gasteiger partial charge in [-0.1, -0.05) is 124 Å². The Labute approximate surface area is 785 Å². The quantitative estimate of drug-likeness (QED) is 0.00708. The van der Waals surface area contributed by atoms with Crippen LogP contribution in [0.1, 0.15) is 136 Å². The van der Waals surface area contributed by atoms with Gasteiger partial charge in [0.05, 0.1) is 26.5 Å². The van der Waals surface area contributed by atoms with Gasteiger partial charge < -0.3 is 45.3 Å². The van der Waals surface area contributed by atoms with Crippen LogP contribution in [0.25, 0.3) is 33.1 Å². The number of anilines is 5. The molecule has 0 spiro atoms. The lowest BCUT2D eigenvalue weighted by Crippen LogP contribution is -2.49. The molecule has 30 heteroatoms. The van der Waals surface area contributed by atoms with E-state index >= 15 is 0 Å². The maximum absolute atomic E-state index is 13.9. The van der Waals surface area contributed by atoms with Crippen LogP contribution >= 0.6 is 46.9 Å². The molecule has 7 heterocycles. The molecule has 3 aromatic heterocycles. The summed E-state index contributed by atoms with van der Waals surface area (Å²) in [5.74, 6) is 2.19. The van der Waals surface area contributed by atoms with Crippen LogP contribution in [-0.4, -0.2) is 217 Å². The molecular formula is C100H126Cl2N18O7S3. The Bertz CT molecular complexity index is 5700. The topological polar surface area (TPSA) is 267 Å². The largest absolute Gasteiger partial charge is 0.455 e. The molecule has 1 atom stereocenters. The molecule has 0 radical (unpaired) electrons. The molecule has 0 unspecified atom stereocenters. The molecule has 6 N–H and O–H groups in total. The number of piperidine rings is 1. The van der Waals surface area contributed by atoms with Gasteiger partial charge in [-0.15, -0.1) is 11.8 Å². The molecule has 0 saturated carbocycles. The minimum Gasteiger partial charge on any atom is -0.455 e. The van der Waals surface area contributed by atoms with Crippen molar-refractivity contribution in [2.45, 2.75) is 165 Å². The summed E-state index contributed by atoms with van der Waals surface area (Å²) in [4.78, 5) is 59.5. The number of nitrogens with zero attached hydrogens (tertiary/aromatic N) is 12. The van der Waals surface area contributed by atoms with Crippen molar-refractivity contribution >= 4 is 130 Å². The summed E-state index contributed by atoms with van der Waals surface area (Å²) in [5.41, 5.74) is 14.2. The van der Waals surface area contributed by atoms with E-state index in [0.29, 0.717) is 59.3 Å². The second-order valence-corrected chi connectivity index (χ2v) is 42.2. The smallest absolute Gasteiger partial charge is 0.293 e. The fraction of sp³-hybridized carbons (Fsp3) is 0.450. The van der Waals surface area contributed by atoms with Gasteiger partial charge in [0.15, 0.2) is 5.82 Å². The Balaban J connectivity index is 0.000000199. The highest BCUT2D eigenvalue weighted by atomic mass is 35.5. The number of allylic oxidation sites excluding steroid dienone is 2. The lowest BCUT2D eigenvalue weighted by Gasteiger charge is -2.39. The van der Waals surface area contributed by atoms with Crippen LogP contribution in [0.15, 0.2) is 208 Å². The molecule has 130 heavy (non-hydrogen) atoms. The van der Waals surface area contributed by atoms with Gasteiger partial charge in [0.25, 0.3) is 21.4 Å². The van der Waals surface area contributed by atoms with Gasteiger partial charge in [-0.3, -0.25) is 44.4 Å². The number of fused-ring (bicyclic) bond motifs is 2. The molecule has 16 rings (SSSR count). The second kappa shape index (κ2) is 44.0. The highest BCUT2D eigenvalue weighted by Gasteiger charge is 2.34. The van der Waals surface area contributed by atoms with E-state index in [4.69, 9.17) is 27.9 Å². The first-order chi connectivity index (χ1) is 62.6. The maximum Gasteiger partial charge on any atom is 0.293 e. The zero-order valence-corrected chi connectivity index (χ0v) is 80.2. The van der Waals surface area contributed by atoms with Crippen LogP contribution in [-0.2, 0) is 16.6 Å². The number of aromatic amines is 1. The summed E-state index contributed by atoms with van der Waals surface area (Å²) < 4.78 is 40.6. The number of thioether (sulfide) groups is 1. The number of piperazine rings is 3. The Morgan fingerprint density at radius 3 is 1.93 bits per heavy atom. The first-order valence-corrected chi connectivity index (χ1v) is 50.2. The van der Waals surface area contributed by atoms with Crippen molar-refractivity contribution < 1.29 is 23.0 Å². The number of ether oxygens (including phenoxy) is 1. The number of nitrogens with one attached hydrogen (secondary N) is 6. The lowest BCUT2D eigenvalue weighted by atomic mass is 9.72. The van der Waals surface area contributed by atoms with E-state index in [1.165, 1.54) is 64.7 Å². The molecule has 690 valence electrons. The summed E-state index contributed by atoms with van der Waals surface area (Å²) >= 11 is 15.6. The Hall–Kier alpha value is -9.40. The van der Waals surface area contributed by atoms with Gasteiger partial charge in [0, 0.05) is 213 Å². The fourth-order valence-electron chi connectivity index (χ4n) is 18.8. The SMILES string of the molecule is CC(C)N1CCN(CC[C@H](CSc2ccccc2)Nc2ccc(S(=O)(=O)Nc3ncnc4cc(N5CCN(CC6=C(c7ccc(Cl)cc7)CCC(C)(C)C6)CC5)ccc34)cc2[N+](=O)[O-])CC1.CC(C)NC1CCN(CCCNc2ccc(SNCc3ccc(N4CCN(CC5=C(c6ccc(Cl)cc6)CC(C)(C)CC5)CC4)cc3Oc3cnc4[nH]ccc4c3)cc2[N+](=O)[O-])CC1. The van der Waals surface area contributed by atoms with Gasteiger partial charge >= 0.3 is 0 Å². The van der Waals surface area contributed by atoms with E-state index in [0.717, 1.165) is 235 Å². The molecular weight excluding hydrogens is 1730 g/mol. The number of hydrogen-bond acceptors (Lipinski definition) is 23. The van der Waals surface area contributed by atoms with E-state index in [1.54, 1.807) is 29.6 Å². The number of aromatic nitrogens is 4. The predicted octanol–water partition coefficient (Wildman–Crippen LogP) is 20.5. The number of hydrogen-bond donors (Lipinski definition) is 6. The first-order valence-electron chi connectivity index (χ1n) is 46.1. The average Bonchev–Trinajstić information content (AvgIpc) is 0.903. The number of nitro groups is 2. The number of pyridine rings is 1. The number of halogens is 2. The maximum atomic E-state index is 13.9. The monoisotopic (exact) mass is 1860 g/mol. The molecule has 25 nitrogen and oxygen atoms in total. The minimum absolute atomic E-state index is 0.0786. The standard InChI is InChI=1S/C50H62ClN9O4S2.C50H64ClN9O3S/c1-36(2)58-26-22-56(23-27-58)21-19-40(34-65-42-8-6-5-7-9-42)54-46-17-15-43(31-48(46)60(61)62)66(63,64)55-49-45-16-14-41(30-47(45)52-35-53-49)59-28-24-57(25-29-59)33-38-32-50(3,4)20-18-44(38)37-10-12-39(51)13-11-37;1-35(2)56-41-16-22-57(23-17-41)21-5-19-52-46-13-12-44(30-47(46)60(61)62)64-55-32-38-8-11-42(29-48(38)63-43-28-37-15-20-53-49(37)54-33-43)59-26-24-58(25-27-59)34-39-14-18-50(3,4)31-45(39)36-6-9-40(51)10-7-36/h5-17,30-31,35-36,40,54H,18-29,32-34H2,1-4H3,(H,52,53,55);6-13,15,20,28-30,33,35,41,52,55-56H,5,14,16-19,21-27,31-32,34H2,1-4H3,(H,53,54)/t40-;/m1./s1. The third-order valence-corrected chi connectivity index (χ3v) is 30.0. The number of H-pyrrole nitrogens is 1. The van der Waals surface area contributed by atoms with Crippen LogP contribution in [0.2, 0.25) is 10.0 Å². The van der Waals surface area contributed by atoms with Gasteiger partial charge in [-0.05, 0) is 240 Å². The lowest BCUT2D eigenvalue weighted by molar-refractivity contribution is -0.384. The molecule has 7 aromatic carbocycles. The molecule has 10 aromatic rings. The van der Waals surface area contributed by atoms with E-state index in [-0.39, 0.29) is 49.6 Å². The molecule has 4 fully saturated rings.